The summed E-state index contributed by atoms with van der Waals surface area (Å²) in [5.41, 5.74) is 5.81. The van der Waals surface area contributed by atoms with Crippen molar-refractivity contribution in [3.05, 3.63) is 29.8 Å². The number of rotatable bonds is 2. The van der Waals surface area contributed by atoms with Gasteiger partial charge in [0.2, 0.25) is 11.8 Å². The fourth-order valence-corrected chi connectivity index (χ4v) is 2.42. The third kappa shape index (κ3) is 1.86. The monoisotopic (exact) mass is 248 g/mol. The Bertz CT molecular complexity index is 482. The highest BCUT2D eigenvalue weighted by molar-refractivity contribution is 6.03. The van der Waals surface area contributed by atoms with Crippen LogP contribution in [0.4, 0.5) is 5.69 Å². The summed E-state index contributed by atoms with van der Waals surface area (Å²) in [6, 6.07) is 6.81. The van der Waals surface area contributed by atoms with Crippen LogP contribution in [0.5, 0.6) is 0 Å². The smallest absolute Gasteiger partial charge is 0.239 e. The van der Waals surface area contributed by atoms with Crippen LogP contribution in [0.25, 0.3) is 0 Å². The number of piperidine rings is 1. The van der Waals surface area contributed by atoms with Gasteiger partial charge in [-0.15, -0.1) is 0 Å². The first kappa shape index (κ1) is 12.6. The van der Waals surface area contributed by atoms with Crippen molar-refractivity contribution in [2.45, 2.75) is 31.3 Å². The van der Waals surface area contributed by atoms with Crippen LogP contribution in [0, 0.1) is 0 Å². The summed E-state index contributed by atoms with van der Waals surface area (Å²) in [5.74, 6) is -0.745. The van der Waals surface area contributed by atoms with E-state index in [1.807, 2.05) is 0 Å². The number of aliphatic hydroxyl groups excluding tert-OH is 1. The zero-order valence-electron chi connectivity index (χ0n) is 10.1. The number of nitrogens with two attached hydrogens (primary N) is 1. The largest absolute Gasteiger partial charge is 0.399 e. The van der Waals surface area contributed by atoms with Gasteiger partial charge in [-0.3, -0.25) is 14.9 Å². The molecule has 2 unspecified atom stereocenters. The van der Waals surface area contributed by atoms with Gasteiger partial charge in [0.1, 0.15) is 5.41 Å². The summed E-state index contributed by atoms with van der Waals surface area (Å²) in [7, 11) is 0. The lowest BCUT2D eigenvalue weighted by atomic mass is 9.70. The maximum atomic E-state index is 12.1. The highest BCUT2D eigenvalue weighted by Gasteiger charge is 2.47. The number of carbonyl (C=O) groups excluding carboxylic acids is 2. The number of carbonyl (C=O) groups is 2. The van der Waals surface area contributed by atoms with E-state index < -0.39 is 17.4 Å². The zero-order valence-corrected chi connectivity index (χ0v) is 10.1. The molecule has 1 fully saturated rings. The number of benzene rings is 1. The van der Waals surface area contributed by atoms with Gasteiger partial charge in [0.15, 0.2) is 0 Å². The number of amides is 2. The second kappa shape index (κ2) is 4.42. The van der Waals surface area contributed by atoms with E-state index in [0.29, 0.717) is 17.7 Å². The van der Waals surface area contributed by atoms with E-state index in [0.717, 1.165) is 0 Å². The van der Waals surface area contributed by atoms with Crippen molar-refractivity contribution in [3.63, 3.8) is 0 Å². The van der Waals surface area contributed by atoms with Gasteiger partial charge in [0.25, 0.3) is 0 Å². The molecule has 0 bridgehead atoms. The first-order chi connectivity index (χ1) is 8.46. The molecular formula is C13H16N2O3. The third-order valence-corrected chi connectivity index (χ3v) is 3.54. The lowest BCUT2D eigenvalue weighted by molar-refractivity contribution is -0.141. The van der Waals surface area contributed by atoms with Gasteiger partial charge in [-0.25, -0.2) is 0 Å². The first-order valence-electron chi connectivity index (χ1n) is 5.85. The van der Waals surface area contributed by atoms with Crippen LogP contribution >= 0.6 is 0 Å². The van der Waals surface area contributed by atoms with Crippen LogP contribution in [0.3, 0.4) is 0 Å². The third-order valence-electron chi connectivity index (χ3n) is 3.54. The number of imide groups is 1. The van der Waals surface area contributed by atoms with Crippen molar-refractivity contribution < 1.29 is 14.7 Å². The topological polar surface area (TPSA) is 92.4 Å². The Morgan fingerprint density at radius 2 is 1.94 bits per heavy atom. The van der Waals surface area contributed by atoms with Gasteiger partial charge in [-0.1, -0.05) is 12.1 Å². The molecule has 4 N–H and O–H groups in total. The fourth-order valence-electron chi connectivity index (χ4n) is 2.42. The van der Waals surface area contributed by atoms with E-state index in [1.54, 1.807) is 31.2 Å². The van der Waals surface area contributed by atoms with E-state index in [1.165, 1.54) is 0 Å². The van der Waals surface area contributed by atoms with Gasteiger partial charge in [0.05, 0.1) is 6.10 Å². The Kier molecular flexibility index (Phi) is 3.09. The highest BCUT2D eigenvalue weighted by Crippen LogP contribution is 2.36. The van der Waals surface area contributed by atoms with E-state index in [9.17, 15) is 14.7 Å². The molecule has 2 amide bonds. The minimum absolute atomic E-state index is 0.223. The van der Waals surface area contributed by atoms with E-state index in [2.05, 4.69) is 5.32 Å². The number of nitrogen functional groups attached to an aromatic ring is 1. The van der Waals surface area contributed by atoms with Gasteiger partial charge < -0.3 is 10.8 Å². The van der Waals surface area contributed by atoms with Crippen LogP contribution < -0.4 is 11.1 Å². The molecule has 0 spiro atoms. The van der Waals surface area contributed by atoms with Crippen molar-refractivity contribution in [2.24, 2.45) is 0 Å². The average Bonchev–Trinajstić information content (AvgIpc) is 2.30. The summed E-state index contributed by atoms with van der Waals surface area (Å²) in [4.78, 5) is 23.4. The molecule has 5 heteroatoms. The number of aliphatic hydroxyl groups is 1. The lowest BCUT2D eigenvalue weighted by Crippen LogP contribution is -2.56. The zero-order chi connectivity index (χ0) is 13.3. The molecule has 96 valence electrons. The molecule has 1 aromatic rings. The maximum absolute atomic E-state index is 12.1. The Balaban J connectivity index is 2.47. The average molecular weight is 248 g/mol. The number of hydrogen-bond acceptors (Lipinski definition) is 4. The van der Waals surface area contributed by atoms with Crippen molar-refractivity contribution >= 4 is 17.5 Å². The van der Waals surface area contributed by atoms with Crippen LogP contribution in [-0.4, -0.2) is 23.0 Å². The Morgan fingerprint density at radius 1 is 1.33 bits per heavy atom. The van der Waals surface area contributed by atoms with Crippen LogP contribution in [0.1, 0.15) is 25.3 Å². The lowest BCUT2D eigenvalue weighted by Gasteiger charge is -2.38. The SMILES string of the molecule is CC(O)C1(c2ccc(N)cc2)CCC(=O)NC1=O. The van der Waals surface area contributed by atoms with Gasteiger partial charge >= 0.3 is 0 Å². The van der Waals surface area contributed by atoms with E-state index in [-0.39, 0.29) is 12.3 Å². The summed E-state index contributed by atoms with van der Waals surface area (Å²) >= 11 is 0. The molecule has 1 heterocycles. The highest BCUT2D eigenvalue weighted by atomic mass is 16.3. The molecule has 1 aliphatic rings. The molecule has 18 heavy (non-hydrogen) atoms. The molecule has 0 aromatic heterocycles. The predicted octanol–water partition coefficient (Wildman–Crippen LogP) is 0.324. The van der Waals surface area contributed by atoms with Crippen molar-refractivity contribution in [3.8, 4) is 0 Å². The molecule has 2 rings (SSSR count). The van der Waals surface area contributed by atoms with Gasteiger partial charge in [0, 0.05) is 12.1 Å². The van der Waals surface area contributed by atoms with Crippen LogP contribution in [-0.2, 0) is 15.0 Å². The van der Waals surface area contributed by atoms with E-state index in [4.69, 9.17) is 5.73 Å². The number of hydrogen-bond donors (Lipinski definition) is 3. The number of anilines is 1. The van der Waals surface area contributed by atoms with Crippen LogP contribution in [0.15, 0.2) is 24.3 Å². The maximum Gasteiger partial charge on any atom is 0.239 e. The predicted molar refractivity (Wildman–Crippen MR) is 66.6 cm³/mol. The van der Waals surface area contributed by atoms with E-state index >= 15 is 0 Å². The molecule has 1 saturated heterocycles. The normalized spacial score (nSPS) is 25.7. The van der Waals surface area contributed by atoms with Gasteiger partial charge in [-0.2, -0.15) is 0 Å². The standard InChI is InChI=1S/C13H16N2O3/c1-8(16)13(7-6-11(17)15-12(13)18)9-2-4-10(14)5-3-9/h2-5,8,16H,6-7,14H2,1H3,(H,15,17,18). The first-order valence-corrected chi connectivity index (χ1v) is 5.85. The van der Waals surface area contributed by atoms with Crippen LogP contribution in [0.2, 0.25) is 0 Å². The minimum atomic E-state index is -1.07. The quantitative estimate of drug-likeness (QED) is 0.519. The van der Waals surface area contributed by atoms with Crippen molar-refractivity contribution in [1.82, 2.24) is 5.32 Å². The molecule has 5 nitrogen and oxygen atoms in total. The summed E-state index contributed by atoms with van der Waals surface area (Å²) in [6.45, 7) is 1.56. The summed E-state index contributed by atoms with van der Waals surface area (Å²) in [5, 5.41) is 12.3. The molecule has 2 atom stereocenters. The molecule has 1 aliphatic heterocycles. The molecule has 0 radical (unpaired) electrons. The fraction of sp³-hybridized carbons (Fsp3) is 0.385. The van der Waals surface area contributed by atoms with Crippen molar-refractivity contribution in [2.75, 3.05) is 5.73 Å². The molecule has 1 aromatic carbocycles. The van der Waals surface area contributed by atoms with Gasteiger partial charge in [-0.05, 0) is 31.0 Å². The van der Waals surface area contributed by atoms with Crippen molar-refractivity contribution in [1.29, 1.82) is 0 Å². The summed E-state index contributed by atoms with van der Waals surface area (Å²) < 4.78 is 0. The Morgan fingerprint density at radius 3 is 2.44 bits per heavy atom. The Labute approximate surface area is 105 Å². The molecule has 0 saturated carbocycles. The summed E-state index contributed by atoms with van der Waals surface area (Å²) in [6.07, 6.45) is -0.352. The number of nitrogens with one attached hydrogen (secondary N) is 1. The molecule has 0 aliphatic carbocycles. The Hall–Kier alpha value is -1.88. The minimum Gasteiger partial charge on any atom is -0.399 e. The molecular weight excluding hydrogens is 232 g/mol. The second-order valence-electron chi connectivity index (χ2n) is 4.65. The second-order valence-corrected chi connectivity index (χ2v) is 4.65.